The van der Waals surface area contributed by atoms with Gasteiger partial charge in [0.15, 0.2) is 0 Å². The van der Waals surface area contributed by atoms with Gasteiger partial charge in [0.2, 0.25) is 11.8 Å². The van der Waals surface area contributed by atoms with Crippen molar-refractivity contribution in [1.29, 1.82) is 0 Å². The molecule has 0 aromatic heterocycles. The van der Waals surface area contributed by atoms with Crippen molar-refractivity contribution in [3.05, 3.63) is 29.8 Å². The Balaban J connectivity index is 2.15. The molecule has 1 aromatic rings. The van der Waals surface area contributed by atoms with E-state index in [2.05, 4.69) is 5.32 Å². The summed E-state index contributed by atoms with van der Waals surface area (Å²) < 4.78 is 0. The summed E-state index contributed by atoms with van der Waals surface area (Å²) in [6, 6.07) is 6.30. The highest BCUT2D eigenvalue weighted by Gasteiger charge is 2.32. The molecule has 1 aliphatic rings. The van der Waals surface area contributed by atoms with Gasteiger partial charge in [0, 0.05) is 0 Å². The van der Waals surface area contributed by atoms with E-state index in [-0.39, 0.29) is 36.7 Å². The molecule has 1 heterocycles. The van der Waals surface area contributed by atoms with Crippen LogP contribution in [0.1, 0.15) is 18.9 Å². The molecule has 96 valence electrons. The summed E-state index contributed by atoms with van der Waals surface area (Å²) in [6.45, 7) is 2.30. The summed E-state index contributed by atoms with van der Waals surface area (Å²) in [7, 11) is 0. The van der Waals surface area contributed by atoms with Crippen molar-refractivity contribution in [3.63, 3.8) is 0 Å². The Hall–Kier alpha value is -1.88. The molecule has 2 rings (SSSR count). The van der Waals surface area contributed by atoms with Gasteiger partial charge in [0.25, 0.3) is 0 Å². The van der Waals surface area contributed by atoms with Crippen LogP contribution >= 0.6 is 0 Å². The van der Waals surface area contributed by atoms with Crippen molar-refractivity contribution in [1.82, 2.24) is 10.2 Å². The molecule has 0 saturated carbocycles. The zero-order valence-electron chi connectivity index (χ0n) is 10.2. The van der Waals surface area contributed by atoms with Gasteiger partial charge in [0.1, 0.15) is 5.75 Å². The summed E-state index contributed by atoms with van der Waals surface area (Å²) in [5.74, 6) is -0.292. The van der Waals surface area contributed by atoms with E-state index in [1.165, 1.54) is 4.90 Å². The number of aromatic hydroxyl groups is 1. The molecule has 1 fully saturated rings. The minimum atomic E-state index is -0.292. The quantitative estimate of drug-likeness (QED) is 0.770. The summed E-state index contributed by atoms with van der Waals surface area (Å²) in [4.78, 5) is 25.0. The molecule has 1 aromatic carbocycles. The van der Waals surface area contributed by atoms with Gasteiger partial charge < -0.3 is 5.11 Å². The first-order valence-electron chi connectivity index (χ1n) is 5.97. The minimum absolute atomic E-state index is 0.134. The number of amides is 2. The van der Waals surface area contributed by atoms with Crippen LogP contribution in [0.5, 0.6) is 5.75 Å². The fourth-order valence-electron chi connectivity index (χ4n) is 2.03. The van der Waals surface area contributed by atoms with Gasteiger partial charge in [-0.05, 0) is 24.1 Å². The molecule has 0 bridgehead atoms. The molecule has 18 heavy (non-hydrogen) atoms. The van der Waals surface area contributed by atoms with Gasteiger partial charge in [-0.2, -0.15) is 0 Å². The topological polar surface area (TPSA) is 69.6 Å². The number of imide groups is 1. The normalized spacial score (nSPS) is 20.3. The van der Waals surface area contributed by atoms with Gasteiger partial charge in [0.05, 0.1) is 19.1 Å². The number of carbonyl (C=O) groups is 2. The fourth-order valence-corrected chi connectivity index (χ4v) is 2.03. The Morgan fingerprint density at radius 1 is 1.44 bits per heavy atom. The summed E-state index contributed by atoms with van der Waals surface area (Å²) >= 11 is 0. The predicted octanol–water partition coefficient (Wildman–Crippen LogP) is 0.629. The van der Waals surface area contributed by atoms with E-state index in [1.807, 2.05) is 6.92 Å². The van der Waals surface area contributed by atoms with Gasteiger partial charge >= 0.3 is 0 Å². The average molecular weight is 248 g/mol. The monoisotopic (exact) mass is 248 g/mol. The maximum absolute atomic E-state index is 12.0. The van der Waals surface area contributed by atoms with E-state index in [0.29, 0.717) is 6.42 Å². The Morgan fingerprint density at radius 2 is 2.22 bits per heavy atom. The van der Waals surface area contributed by atoms with Crippen LogP contribution in [0.15, 0.2) is 24.3 Å². The third kappa shape index (κ3) is 2.51. The molecule has 2 N–H and O–H groups in total. The lowest BCUT2D eigenvalue weighted by Gasteiger charge is -2.31. The van der Waals surface area contributed by atoms with E-state index in [4.69, 9.17) is 0 Å². The van der Waals surface area contributed by atoms with Crippen molar-refractivity contribution in [2.45, 2.75) is 25.9 Å². The number of rotatable bonds is 3. The van der Waals surface area contributed by atoms with Crippen molar-refractivity contribution >= 4 is 11.8 Å². The lowest BCUT2D eigenvalue weighted by molar-refractivity contribution is -0.150. The Bertz CT molecular complexity index is 473. The third-order valence-electron chi connectivity index (χ3n) is 3.02. The largest absolute Gasteiger partial charge is 0.508 e. The molecule has 1 saturated heterocycles. The maximum Gasteiger partial charge on any atom is 0.246 e. The molecule has 0 aliphatic carbocycles. The van der Waals surface area contributed by atoms with Crippen LogP contribution in [0.2, 0.25) is 0 Å². The average Bonchev–Trinajstić information content (AvgIpc) is 2.35. The van der Waals surface area contributed by atoms with Crippen molar-refractivity contribution in [2.24, 2.45) is 0 Å². The van der Waals surface area contributed by atoms with Crippen molar-refractivity contribution in [3.8, 4) is 5.75 Å². The Morgan fingerprint density at radius 3 is 2.89 bits per heavy atom. The zero-order valence-corrected chi connectivity index (χ0v) is 10.2. The number of phenols is 1. The van der Waals surface area contributed by atoms with Gasteiger partial charge in [-0.15, -0.1) is 0 Å². The number of carbonyl (C=O) groups excluding carboxylic acids is 2. The van der Waals surface area contributed by atoms with E-state index in [0.717, 1.165) is 5.56 Å². The first-order chi connectivity index (χ1) is 8.61. The first kappa shape index (κ1) is 12.6. The second-order valence-electron chi connectivity index (χ2n) is 4.33. The summed E-state index contributed by atoms with van der Waals surface area (Å²) in [5, 5.41) is 12.3. The summed E-state index contributed by atoms with van der Waals surface area (Å²) in [6.07, 6.45) is 0.655. The molecule has 5 nitrogen and oxygen atoms in total. The van der Waals surface area contributed by atoms with Gasteiger partial charge in [-0.3, -0.25) is 19.8 Å². The van der Waals surface area contributed by atoms with E-state index < -0.39 is 0 Å². The predicted molar refractivity (Wildman–Crippen MR) is 65.7 cm³/mol. The molecule has 5 heteroatoms. The number of nitrogens with one attached hydrogen (secondary N) is 1. The van der Waals surface area contributed by atoms with Crippen molar-refractivity contribution < 1.29 is 14.7 Å². The number of hydrogen-bond donors (Lipinski definition) is 2. The van der Waals surface area contributed by atoms with E-state index >= 15 is 0 Å². The number of piperazine rings is 1. The Kier molecular flexibility index (Phi) is 3.62. The molecular formula is C13H16N2O3. The molecule has 1 atom stereocenters. The van der Waals surface area contributed by atoms with Crippen LogP contribution in [0.25, 0.3) is 0 Å². The number of benzene rings is 1. The molecule has 0 spiro atoms. The zero-order chi connectivity index (χ0) is 13.1. The third-order valence-corrected chi connectivity index (χ3v) is 3.02. The van der Waals surface area contributed by atoms with Crippen LogP contribution in [0, 0.1) is 0 Å². The van der Waals surface area contributed by atoms with E-state index in [1.54, 1.807) is 24.3 Å². The van der Waals surface area contributed by atoms with Crippen LogP contribution in [-0.4, -0.2) is 34.4 Å². The second-order valence-corrected chi connectivity index (χ2v) is 4.33. The van der Waals surface area contributed by atoms with Gasteiger partial charge in [-0.25, -0.2) is 0 Å². The van der Waals surface area contributed by atoms with Crippen molar-refractivity contribution in [2.75, 3.05) is 6.54 Å². The Labute approximate surface area is 105 Å². The van der Waals surface area contributed by atoms with Crippen LogP contribution in [0.3, 0.4) is 0 Å². The fraction of sp³-hybridized carbons (Fsp3) is 0.385. The lowest BCUT2D eigenvalue weighted by Crippen LogP contribution is -2.57. The van der Waals surface area contributed by atoms with Crippen LogP contribution in [0.4, 0.5) is 0 Å². The molecular weight excluding hydrogens is 232 g/mol. The summed E-state index contributed by atoms with van der Waals surface area (Å²) in [5.41, 5.74) is 0.744. The number of nitrogens with zero attached hydrogens (tertiary/aromatic N) is 1. The van der Waals surface area contributed by atoms with Crippen LogP contribution < -0.4 is 5.32 Å². The molecule has 1 unspecified atom stereocenters. The highest BCUT2D eigenvalue weighted by atomic mass is 16.3. The highest BCUT2D eigenvalue weighted by Crippen LogP contribution is 2.15. The minimum Gasteiger partial charge on any atom is -0.508 e. The molecule has 2 amide bonds. The first-order valence-corrected chi connectivity index (χ1v) is 5.97. The number of hydrogen-bond acceptors (Lipinski definition) is 4. The standard InChI is InChI=1S/C13H16N2O3/c1-2-11-13(18)15(12(17)7-14-11)8-9-4-3-5-10(16)6-9/h3-6,11,14,16H,2,7-8H2,1H3. The smallest absolute Gasteiger partial charge is 0.246 e. The second kappa shape index (κ2) is 5.18. The van der Waals surface area contributed by atoms with Gasteiger partial charge in [-0.1, -0.05) is 19.1 Å². The maximum atomic E-state index is 12.0. The number of phenolic OH excluding ortho intramolecular Hbond substituents is 1. The lowest BCUT2D eigenvalue weighted by atomic mass is 10.1. The van der Waals surface area contributed by atoms with Crippen LogP contribution in [-0.2, 0) is 16.1 Å². The molecule has 1 aliphatic heterocycles. The highest BCUT2D eigenvalue weighted by molar-refractivity contribution is 6.01. The SMILES string of the molecule is CCC1NCC(=O)N(Cc2cccc(O)c2)C1=O. The van der Waals surface area contributed by atoms with E-state index in [9.17, 15) is 14.7 Å². The molecule has 0 radical (unpaired) electrons.